The van der Waals surface area contributed by atoms with Crippen LogP contribution in [0.2, 0.25) is 0 Å². The second-order valence-electron chi connectivity index (χ2n) is 7.63. The summed E-state index contributed by atoms with van der Waals surface area (Å²) in [6.45, 7) is -0.294. The van der Waals surface area contributed by atoms with Gasteiger partial charge in [-0.2, -0.15) is 13.2 Å². The largest absolute Gasteiger partial charge is 0.417 e. The van der Waals surface area contributed by atoms with Gasteiger partial charge in [-0.1, -0.05) is 6.07 Å². The number of alkyl halides is 3. The molecule has 1 amide bonds. The third-order valence-corrected chi connectivity index (χ3v) is 6.31. The Morgan fingerprint density at radius 3 is 2.27 bits per heavy atom. The van der Waals surface area contributed by atoms with E-state index in [9.17, 15) is 35.2 Å². The molecule has 0 fully saturated rings. The summed E-state index contributed by atoms with van der Waals surface area (Å²) in [4.78, 5) is 18.1. The number of fused-ring (bicyclic) bond motifs is 1. The fraction of sp³-hybridized carbons (Fsp3) is 0.182. The Balaban J connectivity index is 1.77. The van der Waals surface area contributed by atoms with Gasteiger partial charge in [0.15, 0.2) is 9.84 Å². The highest BCUT2D eigenvalue weighted by Crippen LogP contribution is 2.34. The van der Waals surface area contributed by atoms with Gasteiger partial charge in [0.25, 0.3) is 5.91 Å². The number of sulfone groups is 1. The molecule has 11 heteroatoms. The summed E-state index contributed by atoms with van der Waals surface area (Å²) < 4.78 is 90.7. The number of rotatable bonds is 3. The molecule has 1 aromatic heterocycles. The van der Waals surface area contributed by atoms with Crippen LogP contribution in [-0.4, -0.2) is 30.5 Å². The first kappa shape index (κ1) is 22.8. The van der Waals surface area contributed by atoms with Crippen molar-refractivity contribution in [3.8, 4) is 11.1 Å². The van der Waals surface area contributed by atoms with Crippen LogP contribution in [-0.2, 0) is 29.1 Å². The molecule has 172 valence electrons. The predicted molar refractivity (Wildman–Crippen MR) is 108 cm³/mol. The lowest BCUT2D eigenvalue weighted by atomic mass is 9.98. The summed E-state index contributed by atoms with van der Waals surface area (Å²) in [5, 5.41) is 0. The van der Waals surface area contributed by atoms with Crippen LogP contribution >= 0.6 is 0 Å². The zero-order valence-corrected chi connectivity index (χ0v) is 17.8. The van der Waals surface area contributed by atoms with Crippen LogP contribution in [0.4, 0.5) is 22.0 Å². The third-order valence-electron chi connectivity index (χ3n) is 5.20. The van der Waals surface area contributed by atoms with Crippen molar-refractivity contribution in [3.05, 3.63) is 82.7 Å². The predicted octanol–water partition coefficient (Wildman–Crippen LogP) is 4.61. The zero-order chi connectivity index (χ0) is 24.1. The number of benzene rings is 2. The Hall–Kier alpha value is -3.34. The average molecular weight is 482 g/mol. The smallest absolute Gasteiger partial charge is 0.328 e. The molecule has 3 aromatic rings. The molecule has 33 heavy (non-hydrogen) atoms. The van der Waals surface area contributed by atoms with E-state index in [-0.39, 0.29) is 45.9 Å². The Labute approximate surface area is 185 Å². The van der Waals surface area contributed by atoms with Gasteiger partial charge in [0.2, 0.25) is 0 Å². The highest BCUT2D eigenvalue weighted by molar-refractivity contribution is 7.90. The summed E-state index contributed by atoms with van der Waals surface area (Å²) in [5.41, 5.74) is -0.558. The maximum atomic E-state index is 13.8. The molecule has 0 atom stereocenters. The molecular weight excluding hydrogens is 467 g/mol. The van der Waals surface area contributed by atoms with Gasteiger partial charge in [0, 0.05) is 30.6 Å². The average Bonchev–Trinajstić information content (AvgIpc) is 3.14. The maximum Gasteiger partial charge on any atom is 0.417 e. The molecule has 0 N–H and O–H groups in total. The SMILES string of the molecule is CS(=O)(=O)c1ccc(-c2cc(F)cc(F)c2)c(C(=O)N2Cc3cc(C(F)(F)F)cnc3C2)c1. The minimum Gasteiger partial charge on any atom is -0.328 e. The number of nitrogens with zero attached hydrogens (tertiary/aromatic N) is 2. The number of carbonyl (C=O) groups is 1. The van der Waals surface area contributed by atoms with E-state index in [1.165, 1.54) is 17.0 Å². The van der Waals surface area contributed by atoms with Gasteiger partial charge >= 0.3 is 6.18 Å². The molecule has 0 saturated heterocycles. The van der Waals surface area contributed by atoms with E-state index < -0.39 is 39.1 Å². The first-order valence-electron chi connectivity index (χ1n) is 9.48. The summed E-state index contributed by atoms with van der Waals surface area (Å²) in [7, 11) is -3.73. The first-order chi connectivity index (χ1) is 15.3. The number of hydrogen-bond donors (Lipinski definition) is 0. The molecule has 1 aliphatic rings. The van der Waals surface area contributed by atoms with Gasteiger partial charge in [-0.25, -0.2) is 17.2 Å². The maximum absolute atomic E-state index is 13.8. The third kappa shape index (κ3) is 4.58. The molecule has 2 aromatic carbocycles. The Bertz CT molecular complexity index is 1370. The van der Waals surface area contributed by atoms with E-state index >= 15 is 0 Å². The summed E-state index contributed by atoms with van der Waals surface area (Å²) in [6.07, 6.45) is -2.98. The van der Waals surface area contributed by atoms with E-state index in [1.54, 1.807) is 0 Å². The van der Waals surface area contributed by atoms with Crippen molar-refractivity contribution >= 4 is 15.7 Å². The highest BCUT2D eigenvalue weighted by atomic mass is 32.2. The quantitative estimate of drug-likeness (QED) is 0.512. The number of amides is 1. The van der Waals surface area contributed by atoms with Crippen molar-refractivity contribution in [2.24, 2.45) is 0 Å². The minimum absolute atomic E-state index is 0.00472. The molecule has 0 bridgehead atoms. The fourth-order valence-corrected chi connectivity index (χ4v) is 4.27. The Kier molecular flexibility index (Phi) is 5.47. The summed E-state index contributed by atoms with van der Waals surface area (Å²) >= 11 is 0. The standard InChI is InChI=1S/C22H15F5N2O3S/c1-33(31,32)17-2-3-18(12-5-15(23)7-16(24)6-12)19(8-17)21(30)29-10-13-4-14(22(25,26)27)9-28-20(13)11-29/h2-9H,10-11H2,1H3. The second-order valence-corrected chi connectivity index (χ2v) is 9.64. The molecule has 2 heterocycles. The lowest BCUT2D eigenvalue weighted by Gasteiger charge is -2.19. The topological polar surface area (TPSA) is 67.3 Å². The highest BCUT2D eigenvalue weighted by Gasteiger charge is 2.34. The number of aromatic nitrogens is 1. The van der Waals surface area contributed by atoms with Crippen LogP contribution in [0.1, 0.15) is 27.2 Å². The van der Waals surface area contributed by atoms with Crippen molar-refractivity contribution < 1.29 is 35.2 Å². The Morgan fingerprint density at radius 2 is 1.67 bits per heavy atom. The van der Waals surface area contributed by atoms with Gasteiger partial charge in [0.05, 0.1) is 22.7 Å². The fourth-order valence-electron chi connectivity index (χ4n) is 3.62. The van der Waals surface area contributed by atoms with Gasteiger partial charge < -0.3 is 4.90 Å². The van der Waals surface area contributed by atoms with Crippen LogP contribution in [0, 0.1) is 11.6 Å². The number of pyridine rings is 1. The van der Waals surface area contributed by atoms with E-state index in [2.05, 4.69) is 4.98 Å². The monoisotopic (exact) mass is 482 g/mol. The normalized spacial score (nSPS) is 13.8. The molecule has 0 spiro atoms. The van der Waals surface area contributed by atoms with Gasteiger partial charge in [-0.3, -0.25) is 9.78 Å². The molecular formula is C22H15F5N2O3S. The van der Waals surface area contributed by atoms with Gasteiger partial charge in [0.1, 0.15) is 11.6 Å². The number of carbonyl (C=O) groups excluding carboxylic acids is 1. The van der Waals surface area contributed by atoms with Gasteiger partial charge in [-0.05, 0) is 47.0 Å². The number of hydrogen-bond acceptors (Lipinski definition) is 4. The van der Waals surface area contributed by atoms with Crippen molar-refractivity contribution in [3.63, 3.8) is 0 Å². The zero-order valence-electron chi connectivity index (χ0n) is 17.0. The minimum atomic E-state index is -4.60. The first-order valence-corrected chi connectivity index (χ1v) is 11.4. The number of halogens is 5. The second kappa shape index (κ2) is 7.91. The molecule has 0 unspecified atom stereocenters. The molecule has 0 aliphatic carbocycles. The van der Waals surface area contributed by atoms with Crippen molar-refractivity contribution in [1.29, 1.82) is 0 Å². The lowest BCUT2D eigenvalue weighted by molar-refractivity contribution is -0.137. The molecule has 0 radical (unpaired) electrons. The van der Waals surface area contributed by atoms with E-state index in [1.807, 2.05) is 0 Å². The lowest BCUT2D eigenvalue weighted by Crippen LogP contribution is -2.26. The summed E-state index contributed by atoms with van der Waals surface area (Å²) in [6, 6.07) is 7.10. The molecule has 0 saturated carbocycles. The Morgan fingerprint density at radius 1 is 1.00 bits per heavy atom. The van der Waals surface area contributed by atoms with E-state index in [0.29, 0.717) is 12.3 Å². The molecule has 5 nitrogen and oxygen atoms in total. The van der Waals surface area contributed by atoms with Gasteiger partial charge in [-0.15, -0.1) is 0 Å². The van der Waals surface area contributed by atoms with E-state index in [4.69, 9.17) is 0 Å². The van der Waals surface area contributed by atoms with Crippen LogP contribution in [0.15, 0.2) is 53.6 Å². The van der Waals surface area contributed by atoms with Crippen molar-refractivity contribution in [2.75, 3.05) is 6.26 Å². The molecule has 1 aliphatic heterocycles. The summed E-state index contributed by atoms with van der Waals surface area (Å²) in [5.74, 6) is -2.51. The van der Waals surface area contributed by atoms with Crippen molar-refractivity contribution in [1.82, 2.24) is 9.88 Å². The van der Waals surface area contributed by atoms with Crippen LogP contribution in [0.5, 0.6) is 0 Å². The van der Waals surface area contributed by atoms with Crippen molar-refractivity contribution in [2.45, 2.75) is 24.2 Å². The van der Waals surface area contributed by atoms with Crippen LogP contribution in [0.25, 0.3) is 11.1 Å². The molecule has 4 rings (SSSR count). The van der Waals surface area contributed by atoms with Crippen LogP contribution in [0.3, 0.4) is 0 Å². The van der Waals surface area contributed by atoms with E-state index in [0.717, 1.165) is 30.5 Å². The van der Waals surface area contributed by atoms with Crippen LogP contribution < -0.4 is 0 Å².